The molecule has 4 nitrogen and oxygen atoms in total. The number of nitrogens with zero attached hydrogens (tertiary/aromatic N) is 1. The summed E-state index contributed by atoms with van der Waals surface area (Å²) in [7, 11) is 0. The molecule has 20 heavy (non-hydrogen) atoms. The van der Waals surface area contributed by atoms with E-state index < -0.39 is 0 Å². The number of benzene rings is 1. The molecule has 2 saturated heterocycles. The first-order valence-corrected chi connectivity index (χ1v) is 7.00. The van der Waals surface area contributed by atoms with Gasteiger partial charge in [-0.15, -0.1) is 0 Å². The number of carbonyl (C=O) groups is 1. The van der Waals surface area contributed by atoms with E-state index in [1.165, 1.54) is 12.1 Å². The van der Waals surface area contributed by atoms with Gasteiger partial charge in [-0.25, -0.2) is 4.39 Å². The number of aryl methyl sites for hydroxylation is 1. The van der Waals surface area contributed by atoms with Crippen molar-refractivity contribution < 1.29 is 13.9 Å². The number of morpholine rings is 1. The zero-order valence-electron chi connectivity index (χ0n) is 11.6. The maximum absolute atomic E-state index is 13.4. The summed E-state index contributed by atoms with van der Waals surface area (Å²) in [6.07, 6.45) is 0.916. The Morgan fingerprint density at radius 3 is 3.10 bits per heavy atom. The van der Waals surface area contributed by atoms with Gasteiger partial charge < -0.3 is 15.0 Å². The van der Waals surface area contributed by atoms with E-state index in [-0.39, 0.29) is 17.3 Å². The van der Waals surface area contributed by atoms with Gasteiger partial charge in [-0.1, -0.05) is 6.07 Å². The highest BCUT2D eigenvalue weighted by Gasteiger charge is 2.40. The second-order valence-electron chi connectivity index (χ2n) is 5.64. The van der Waals surface area contributed by atoms with Crippen LogP contribution in [-0.4, -0.2) is 49.2 Å². The quantitative estimate of drug-likeness (QED) is 0.843. The van der Waals surface area contributed by atoms with Gasteiger partial charge in [0.1, 0.15) is 5.82 Å². The minimum Gasteiger partial charge on any atom is -0.370 e. The van der Waals surface area contributed by atoms with Crippen molar-refractivity contribution in [1.82, 2.24) is 10.2 Å². The number of ether oxygens (including phenoxy) is 1. The first-order valence-electron chi connectivity index (χ1n) is 7.00. The Bertz CT molecular complexity index is 527. The number of rotatable bonds is 1. The SMILES string of the molecule is Cc1ccc(F)cc1C(=O)N1CCOC2(CCNC2)C1. The average molecular weight is 278 g/mol. The number of amides is 1. The number of nitrogens with one attached hydrogen (secondary N) is 1. The molecule has 2 aliphatic heterocycles. The monoisotopic (exact) mass is 278 g/mol. The standard InChI is InChI=1S/C15H19FN2O2/c1-11-2-3-12(16)8-13(11)14(19)18-6-7-20-15(10-18)4-5-17-9-15/h2-3,8,17H,4-7,9-10H2,1H3. The predicted molar refractivity (Wildman–Crippen MR) is 73.2 cm³/mol. The van der Waals surface area contributed by atoms with Gasteiger partial charge in [-0.05, 0) is 37.6 Å². The second kappa shape index (κ2) is 5.14. The van der Waals surface area contributed by atoms with Crippen LogP contribution in [0.2, 0.25) is 0 Å². The zero-order valence-corrected chi connectivity index (χ0v) is 11.6. The largest absolute Gasteiger partial charge is 0.370 e. The van der Waals surface area contributed by atoms with Gasteiger partial charge in [0.15, 0.2) is 0 Å². The van der Waals surface area contributed by atoms with Crippen LogP contribution in [0.1, 0.15) is 22.3 Å². The second-order valence-corrected chi connectivity index (χ2v) is 5.64. The van der Waals surface area contributed by atoms with Gasteiger partial charge in [0.2, 0.25) is 0 Å². The van der Waals surface area contributed by atoms with Gasteiger partial charge in [0.25, 0.3) is 5.91 Å². The molecule has 0 aromatic heterocycles. The molecule has 1 aromatic carbocycles. The summed E-state index contributed by atoms with van der Waals surface area (Å²) < 4.78 is 19.2. The predicted octanol–water partition coefficient (Wildman–Crippen LogP) is 1.34. The lowest BCUT2D eigenvalue weighted by Crippen LogP contribution is -2.54. The Hall–Kier alpha value is -1.46. The molecule has 2 fully saturated rings. The number of carbonyl (C=O) groups excluding carboxylic acids is 1. The normalized spacial score (nSPS) is 26.2. The van der Waals surface area contributed by atoms with E-state index in [0.29, 0.717) is 25.3 Å². The smallest absolute Gasteiger partial charge is 0.254 e. The Kier molecular flexibility index (Phi) is 3.48. The molecular weight excluding hydrogens is 259 g/mol. The van der Waals surface area contributed by atoms with Gasteiger partial charge >= 0.3 is 0 Å². The van der Waals surface area contributed by atoms with Crippen LogP contribution in [0.15, 0.2) is 18.2 Å². The van der Waals surface area contributed by atoms with E-state index in [2.05, 4.69) is 5.32 Å². The van der Waals surface area contributed by atoms with Crippen molar-refractivity contribution in [2.45, 2.75) is 18.9 Å². The van der Waals surface area contributed by atoms with Crippen molar-refractivity contribution in [1.29, 1.82) is 0 Å². The summed E-state index contributed by atoms with van der Waals surface area (Å²) in [5.74, 6) is -0.471. The van der Waals surface area contributed by atoms with E-state index in [1.807, 2.05) is 6.92 Å². The molecule has 108 valence electrons. The fourth-order valence-electron chi connectivity index (χ4n) is 2.99. The molecule has 1 amide bonds. The summed E-state index contributed by atoms with van der Waals surface area (Å²) in [6, 6.07) is 4.36. The van der Waals surface area contributed by atoms with Gasteiger partial charge in [0, 0.05) is 18.7 Å². The molecule has 1 unspecified atom stereocenters. The topological polar surface area (TPSA) is 41.6 Å². The molecule has 1 aromatic rings. The minimum absolute atomic E-state index is 0.100. The third-order valence-corrected chi connectivity index (χ3v) is 4.17. The zero-order chi connectivity index (χ0) is 14.2. The number of halogens is 1. The first kappa shape index (κ1) is 13.5. The molecule has 2 heterocycles. The van der Waals surface area contributed by atoms with E-state index in [4.69, 9.17) is 4.74 Å². The summed E-state index contributed by atoms with van der Waals surface area (Å²) in [6.45, 7) is 5.22. The lowest BCUT2D eigenvalue weighted by atomic mass is 9.99. The van der Waals surface area contributed by atoms with Crippen LogP contribution in [-0.2, 0) is 4.74 Å². The Morgan fingerprint density at radius 1 is 1.50 bits per heavy atom. The van der Waals surface area contributed by atoms with Gasteiger partial charge in [-0.2, -0.15) is 0 Å². The third-order valence-electron chi connectivity index (χ3n) is 4.17. The molecular formula is C15H19FN2O2. The summed E-state index contributed by atoms with van der Waals surface area (Å²) in [5, 5.41) is 3.28. The summed E-state index contributed by atoms with van der Waals surface area (Å²) >= 11 is 0. The fourth-order valence-corrected chi connectivity index (χ4v) is 2.99. The maximum atomic E-state index is 13.4. The number of hydrogen-bond acceptors (Lipinski definition) is 3. The fraction of sp³-hybridized carbons (Fsp3) is 0.533. The van der Waals surface area contributed by atoms with E-state index in [9.17, 15) is 9.18 Å². The summed E-state index contributed by atoms with van der Waals surface area (Å²) in [4.78, 5) is 14.4. The molecule has 3 rings (SSSR count). The highest BCUT2D eigenvalue weighted by Crippen LogP contribution is 2.26. The molecule has 0 radical (unpaired) electrons. The van der Waals surface area contributed by atoms with Crippen LogP contribution >= 0.6 is 0 Å². The van der Waals surface area contributed by atoms with Crippen LogP contribution in [0.3, 0.4) is 0 Å². The van der Waals surface area contributed by atoms with Crippen molar-refractivity contribution in [3.05, 3.63) is 35.1 Å². The Balaban J connectivity index is 1.81. The minimum atomic E-state index is -0.371. The molecule has 0 aliphatic carbocycles. The van der Waals surface area contributed by atoms with E-state index >= 15 is 0 Å². The first-order chi connectivity index (χ1) is 9.60. The van der Waals surface area contributed by atoms with Crippen molar-refractivity contribution >= 4 is 5.91 Å². The van der Waals surface area contributed by atoms with Crippen LogP contribution in [0.5, 0.6) is 0 Å². The van der Waals surface area contributed by atoms with Gasteiger partial charge in [-0.3, -0.25) is 4.79 Å². The lowest BCUT2D eigenvalue weighted by molar-refractivity contribution is -0.0866. The Morgan fingerprint density at radius 2 is 2.35 bits per heavy atom. The molecule has 1 spiro atoms. The molecule has 2 aliphatic rings. The maximum Gasteiger partial charge on any atom is 0.254 e. The van der Waals surface area contributed by atoms with Crippen molar-refractivity contribution in [3.8, 4) is 0 Å². The van der Waals surface area contributed by atoms with Crippen molar-refractivity contribution in [3.63, 3.8) is 0 Å². The van der Waals surface area contributed by atoms with Gasteiger partial charge in [0.05, 0.1) is 18.8 Å². The number of hydrogen-bond donors (Lipinski definition) is 1. The molecule has 5 heteroatoms. The van der Waals surface area contributed by atoms with Crippen molar-refractivity contribution in [2.75, 3.05) is 32.8 Å². The van der Waals surface area contributed by atoms with Crippen LogP contribution in [0, 0.1) is 12.7 Å². The molecule has 1 N–H and O–H groups in total. The van der Waals surface area contributed by atoms with E-state index in [1.54, 1.807) is 11.0 Å². The Labute approximate surface area is 117 Å². The molecule has 1 atom stereocenters. The van der Waals surface area contributed by atoms with Crippen molar-refractivity contribution in [2.24, 2.45) is 0 Å². The lowest BCUT2D eigenvalue weighted by Gasteiger charge is -2.40. The molecule has 0 saturated carbocycles. The third kappa shape index (κ3) is 2.43. The van der Waals surface area contributed by atoms with E-state index in [0.717, 1.165) is 25.1 Å². The molecule has 0 bridgehead atoms. The van der Waals surface area contributed by atoms with Crippen LogP contribution in [0.25, 0.3) is 0 Å². The highest BCUT2D eigenvalue weighted by atomic mass is 19.1. The van der Waals surface area contributed by atoms with Crippen LogP contribution in [0.4, 0.5) is 4.39 Å². The average Bonchev–Trinajstić information content (AvgIpc) is 2.88. The summed E-state index contributed by atoms with van der Waals surface area (Å²) in [5.41, 5.74) is 1.00. The highest BCUT2D eigenvalue weighted by molar-refractivity contribution is 5.95. The van der Waals surface area contributed by atoms with Crippen LogP contribution < -0.4 is 5.32 Å².